The molecule has 1 unspecified atom stereocenters. The number of thiophene rings is 1. The first kappa shape index (κ1) is 23.2. The lowest BCUT2D eigenvalue weighted by Crippen LogP contribution is -2.32. The number of aliphatic hydroxyl groups is 1. The standard InChI is InChI=1S/C23H31NO4S/c1-7-23(8-2,20-12-11-18(29-20)21(26)24-27)16-9-10-17(15(3)13-16)28-14-19(25)22(4,5)6/h9-13,19,25H,7-8,14H2,1-6H3. The van der Waals surface area contributed by atoms with Crippen molar-refractivity contribution < 1.29 is 14.6 Å². The fraction of sp³-hybridized carbons (Fsp3) is 0.522. The third-order valence-electron chi connectivity index (χ3n) is 5.70. The van der Waals surface area contributed by atoms with Gasteiger partial charge in [-0.15, -0.1) is 16.2 Å². The van der Waals surface area contributed by atoms with E-state index in [9.17, 15) is 14.8 Å². The van der Waals surface area contributed by atoms with Crippen molar-refractivity contribution in [3.63, 3.8) is 0 Å². The highest BCUT2D eigenvalue weighted by Crippen LogP contribution is 2.43. The number of carbonyl (C=O) groups excluding carboxylic acids is 1. The van der Waals surface area contributed by atoms with Gasteiger partial charge in [0, 0.05) is 15.5 Å². The van der Waals surface area contributed by atoms with Gasteiger partial charge < -0.3 is 9.84 Å². The first-order valence-corrected chi connectivity index (χ1v) is 10.8. The van der Waals surface area contributed by atoms with E-state index in [1.54, 1.807) is 6.07 Å². The molecule has 0 aliphatic heterocycles. The highest BCUT2D eigenvalue weighted by Gasteiger charge is 2.33. The average molecular weight is 418 g/mol. The van der Waals surface area contributed by atoms with Crippen LogP contribution in [-0.4, -0.2) is 23.7 Å². The van der Waals surface area contributed by atoms with Crippen LogP contribution in [0.15, 0.2) is 35.5 Å². The Bertz CT molecular complexity index is 862. The van der Waals surface area contributed by atoms with Gasteiger partial charge in [0.1, 0.15) is 12.4 Å². The van der Waals surface area contributed by atoms with Crippen LogP contribution in [0.4, 0.5) is 0 Å². The number of hydrogen-bond acceptors (Lipinski definition) is 5. The van der Waals surface area contributed by atoms with Crippen LogP contribution in [0.25, 0.3) is 0 Å². The molecule has 2 aromatic rings. The summed E-state index contributed by atoms with van der Waals surface area (Å²) in [5, 5.41) is 12.8. The van der Waals surface area contributed by atoms with Crippen LogP contribution in [0.2, 0.25) is 0 Å². The van der Waals surface area contributed by atoms with Crippen molar-refractivity contribution in [2.24, 2.45) is 10.6 Å². The summed E-state index contributed by atoms with van der Waals surface area (Å²) in [5.74, 6) is 0.0325. The summed E-state index contributed by atoms with van der Waals surface area (Å²) in [4.78, 5) is 23.7. The number of nitroso groups, excluding NO2 is 1. The van der Waals surface area contributed by atoms with E-state index in [1.165, 1.54) is 11.3 Å². The van der Waals surface area contributed by atoms with Gasteiger partial charge in [0.25, 0.3) is 0 Å². The number of amides is 1. The van der Waals surface area contributed by atoms with E-state index in [2.05, 4.69) is 31.2 Å². The summed E-state index contributed by atoms with van der Waals surface area (Å²) in [6.07, 6.45) is 1.16. The molecule has 0 aliphatic carbocycles. The molecule has 0 fully saturated rings. The smallest absolute Gasteiger partial charge is 0.326 e. The molecule has 1 aromatic heterocycles. The SMILES string of the molecule is CCC(CC)(c1ccc(OCC(O)C(C)(C)C)c(C)c1)c1ccc(C(=O)N=O)s1. The fourth-order valence-electron chi connectivity index (χ4n) is 3.43. The topological polar surface area (TPSA) is 76.0 Å². The van der Waals surface area contributed by atoms with Gasteiger partial charge in [-0.05, 0) is 54.5 Å². The van der Waals surface area contributed by atoms with Gasteiger partial charge in [0.2, 0.25) is 0 Å². The molecule has 1 aromatic carbocycles. The Kier molecular flexibility index (Phi) is 7.35. The van der Waals surface area contributed by atoms with Crippen LogP contribution in [-0.2, 0) is 5.41 Å². The zero-order valence-electron chi connectivity index (χ0n) is 18.1. The fourth-order valence-corrected chi connectivity index (χ4v) is 4.67. The number of aryl methyl sites for hydroxylation is 1. The zero-order chi connectivity index (χ0) is 21.8. The maximum absolute atomic E-state index is 11.7. The lowest BCUT2D eigenvalue weighted by atomic mass is 9.74. The van der Waals surface area contributed by atoms with Gasteiger partial charge in [0.15, 0.2) is 0 Å². The lowest BCUT2D eigenvalue weighted by molar-refractivity contribution is 0.0216. The summed E-state index contributed by atoms with van der Waals surface area (Å²) in [6.45, 7) is 12.4. The third kappa shape index (κ3) is 4.93. The van der Waals surface area contributed by atoms with Crippen LogP contribution in [0.1, 0.15) is 73.1 Å². The van der Waals surface area contributed by atoms with E-state index < -0.39 is 12.0 Å². The van der Waals surface area contributed by atoms with Crippen LogP contribution in [0.5, 0.6) is 5.75 Å². The summed E-state index contributed by atoms with van der Waals surface area (Å²) < 4.78 is 5.88. The van der Waals surface area contributed by atoms with Gasteiger partial charge in [-0.1, -0.05) is 46.8 Å². The van der Waals surface area contributed by atoms with Crippen LogP contribution in [0, 0.1) is 17.2 Å². The Morgan fingerprint density at radius 3 is 2.34 bits per heavy atom. The van der Waals surface area contributed by atoms with E-state index in [-0.39, 0.29) is 17.4 Å². The first-order chi connectivity index (χ1) is 13.6. The molecule has 2 rings (SSSR count). The Morgan fingerprint density at radius 2 is 1.83 bits per heavy atom. The maximum Gasteiger partial charge on any atom is 0.326 e. The van der Waals surface area contributed by atoms with Crippen LogP contribution in [0.3, 0.4) is 0 Å². The second kappa shape index (κ2) is 9.18. The van der Waals surface area contributed by atoms with Crippen molar-refractivity contribution in [1.29, 1.82) is 0 Å². The molecule has 1 N–H and O–H groups in total. The molecular formula is C23H31NO4S. The van der Waals surface area contributed by atoms with E-state index in [1.807, 2.05) is 39.8 Å². The number of aliphatic hydroxyl groups excluding tert-OH is 1. The van der Waals surface area contributed by atoms with E-state index >= 15 is 0 Å². The lowest BCUT2D eigenvalue weighted by Gasteiger charge is -2.32. The molecule has 158 valence electrons. The summed E-state index contributed by atoms with van der Waals surface area (Å²) in [6, 6.07) is 9.73. The van der Waals surface area contributed by atoms with Gasteiger partial charge >= 0.3 is 5.91 Å². The minimum atomic E-state index is -0.723. The number of benzene rings is 1. The predicted octanol–water partition coefficient (Wildman–Crippen LogP) is 5.86. The molecule has 6 heteroatoms. The predicted molar refractivity (Wildman–Crippen MR) is 118 cm³/mol. The molecule has 1 atom stereocenters. The minimum Gasteiger partial charge on any atom is -0.491 e. The Balaban J connectivity index is 2.34. The molecular weight excluding hydrogens is 386 g/mol. The minimum absolute atomic E-state index is 0.238. The number of nitrogens with zero attached hydrogens (tertiary/aromatic N) is 1. The van der Waals surface area contributed by atoms with Gasteiger partial charge in [-0.25, -0.2) is 0 Å². The van der Waals surface area contributed by atoms with Crippen molar-refractivity contribution in [3.8, 4) is 5.75 Å². The Hall–Kier alpha value is -2.05. The number of ether oxygens (including phenoxy) is 1. The van der Waals surface area contributed by atoms with E-state index in [0.717, 1.165) is 34.6 Å². The molecule has 0 saturated heterocycles. The van der Waals surface area contributed by atoms with Crippen molar-refractivity contribution in [2.75, 3.05) is 6.61 Å². The van der Waals surface area contributed by atoms with E-state index in [4.69, 9.17) is 4.74 Å². The second-order valence-corrected chi connectivity index (χ2v) is 9.61. The molecule has 29 heavy (non-hydrogen) atoms. The highest BCUT2D eigenvalue weighted by molar-refractivity contribution is 7.14. The number of rotatable bonds is 8. The molecule has 0 bridgehead atoms. The monoisotopic (exact) mass is 417 g/mol. The molecule has 0 spiro atoms. The number of carbonyl (C=O) groups is 1. The second-order valence-electron chi connectivity index (χ2n) is 8.52. The molecule has 1 amide bonds. The van der Waals surface area contributed by atoms with Crippen molar-refractivity contribution >= 4 is 17.2 Å². The molecule has 1 heterocycles. The van der Waals surface area contributed by atoms with Gasteiger partial charge in [-0.2, -0.15) is 0 Å². The Labute approximate surface area is 177 Å². The van der Waals surface area contributed by atoms with Crippen LogP contribution >= 0.6 is 11.3 Å². The quantitative estimate of drug-likeness (QED) is 0.546. The zero-order valence-corrected chi connectivity index (χ0v) is 18.9. The number of hydrogen-bond donors (Lipinski definition) is 1. The highest BCUT2D eigenvalue weighted by atomic mass is 32.1. The summed E-state index contributed by atoms with van der Waals surface area (Å²) in [5.41, 5.74) is 1.65. The largest absolute Gasteiger partial charge is 0.491 e. The first-order valence-electron chi connectivity index (χ1n) is 9.99. The maximum atomic E-state index is 11.7. The molecule has 5 nitrogen and oxygen atoms in total. The van der Waals surface area contributed by atoms with Crippen molar-refractivity contribution in [1.82, 2.24) is 0 Å². The van der Waals surface area contributed by atoms with Gasteiger partial charge in [-0.3, -0.25) is 4.79 Å². The summed E-state index contributed by atoms with van der Waals surface area (Å²) in [7, 11) is 0. The average Bonchev–Trinajstić information content (AvgIpc) is 3.17. The van der Waals surface area contributed by atoms with Crippen molar-refractivity contribution in [3.05, 3.63) is 56.1 Å². The third-order valence-corrected chi connectivity index (χ3v) is 6.98. The molecule has 0 radical (unpaired) electrons. The van der Waals surface area contributed by atoms with Crippen molar-refractivity contribution in [2.45, 2.75) is 65.9 Å². The van der Waals surface area contributed by atoms with Gasteiger partial charge in [0.05, 0.1) is 11.0 Å². The molecule has 0 saturated carbocycles. The normalized spacial score (nSPS) is 13.2. The van der Waals surface area contributed by atoms with E-state index in [0.29, 0.717) is 4.88 Å². The summed E-state index contributed by atoms with van der Waals surface area (Å²) >= 11 is 1.34. The Morgan fingerprint density at radius 1 is 1.17 bits per heavy atom. The molecule has 0 aliphatic rings. The van der Waals surface area contributed by atoms with Crippen LogP contribution < -0.4 is 4.74 Å².